The molecule has 2 N–H and O–H groups in total. The standard InChI is InChI=1S/C26H32N6O3/c1-16-7-8-19(27)15-32(16)26(33)18-12-20-23(22(14-18)35-4)30(2)25(29-20)21-13-17-6-5-9-28-24(17)31(21)10-11-34-3/h5-6,9,12-14,16,19H,7-8,10-11,15,27H2,1-4H3/t16-,19+/m1/s1. The topological polar surface area (TPSA) is 100 Å². The minimum atomic E-state index is -0.0431. The van der Waals surface area contributed by atoms with E-state index >= 15 is 0 Å². The first-order chi connectivity index (χ1) is 16.9. The van der Waals surface area contributed by atoms with Crippen LogP contribution in [0.5, 0.6) is 5.75 Å². The average molecular weight is 477 g/mol. The quantitative estimate of drug-likeness (QED) is 0.459. The Kier molecular flexibility index (Phi) is 6.21. The molecule has 0 unspecified atom stereocenters. The SMILES string of the molecule is COCCn1c(-c2nc3cc(C(=O)N4C[C@@H](N)CC[C@H]4C)cc(OC)c3n2C)cc2cccnc21. The van der Waals surface area contributed by atoms with Crippen molar-refractivity contribution >= 4 is 28.0 Å². The molecule has 1 aliphatic rings. The second-order valence-electron chi connectivity index (χ2n) is 9.27. The Labute approximate surface area is 204 Å². The van der Waals surface area contributed by atoms with E-state index in [2.05, 4.69) is 22.5 Å². The van der Waals surface area contributed by atoms with Gasteiger partial charge in [-0.05, 0) is 50.1 Å². The summed E-state index contributed by atoms with van der Waals surface area (Å²) in [6.07, 6.45) is 3.63. The van der Waals surface area contributed by atoms with Crippen molar-refractivity contribution in [1.29, 1.82) is 0 Å². The fourth-order valence-electron chi connectivity index (χ4n) is 5.08. The number of likely N-dealkylation sites (tertiary alicyclic amines) is 1. The highest BCUT2D eigenvalue weighted by Gasteiger charge is 2.29. The average Bonchev–Trinajstić information content (AvgIpc) is 3.40. The fraction of sp³-hybridized carbons (Fsp3) is 0.423. The predicted molar refractivity (Wildman–Crippen MR) is 136 cm³/mol. The van der Waals surface area contributed by atoms with Crippen LogP contribution < -0.4 is 10.5 Å². The Morgan fingerprint density at radius 1 is 1.23 bits per heavy atom. The lowest BCUT2D eigenvalue weighted by Gasteiger charge is -2.36. The monoisotopic (exact) mass is 476 g/mol. The molecule has 0 saturated carbocycles. The summed E-state index contributed by atoms with van der Waals surface area (Å²) in [4.78, 5) is 24.9. The highest BCUT2D eigenvalue weighted by molar-refractivity contribution is 6.00. The molecule has 1 aromatic carbocycles. The molecule has 1 aliphatic heterocycles. The largest absolute Gasteiger partial charge is 0.494 e. The van der Waals surface area contributed by atoms with Crippen molar-refractivity contribution in [3.05, 3.63) is 42.1 Å². The van der Waals surface area contributed by atoms with Crippen LogP contribution in [0.25, 0.3) is 33.6 Å². The number of rotatable bonds is 6. The van der Waals surface area contributed by atoms with E-state index in [1.165, 1.54) is 0 Å². The number of pyridine rings is 1. The lowest BCUT2D eigenvalue weighted by molar-refractivity contribution is 0.0612. The van der Waals surface area contributed by atoms with Gasteiger partial charge < -0.3 is 29.2 Å². The summed E-state index contributed by atoms with van der Waals surface area (Å²) in [7, 11) is 5.27. The van der Waals surface area contributed by atoms with Crippen LogP contribution in [0.3, 0.4) is 0 Å². The van der Waals surface area contributed by atoms with Gasteiger partial charge in [-0.3, -0.25) is 4.79 Å². The maximum atomic E-state index is 13.5. The lowest BCUT2D eigenvalue weighted by Crippen LogP contribution is -2.50. The van der Waals surface area contributed by atoms with Gasteiger partial charge in [0.15, 0.2) is 5.82 Å². The molecular weight excluding hydrogens is 444 g/mol. The molecule has 0 radical (unpaired) electrons. The zero-order valence-corrected chi connectivity index (χ0v) is 20.7. The van der Waals surface area contributed by atoms with Gasteiger partial charge in [0.05, 0.1) is 24.9 Å². The van der Waals surface area contributed by atoms with Crippen LogP contribution in [0.1, 0.15) is 30.1 Å². The summed E-state index contributed by atoms with van der Waals surface area (Å²) in [5.74, 6) is 1.34. The first-order valence-corrected chi connectivity index (χ1v) is 12.0. The molecule has 35 heavy (non-hydrogen) atoms. The maximum Gasteiger partial charge on any atom is 0.254 e. The molecule has 0 bridgehead atoms. The summed E-state index contributed by atoms with van der Waals surface area (Å²) >= 11 is 0. The van der Waals surface area contributed by atoms with Crippen LogP contribution >= 0.6 is 0 Å². The Hall–Kier alpha value is -3.43. The van der Waals surface area contributed by atoms with Gasteiger partial charge in [-0.15, -0.1) is 0 Å². The Morgan fingerprint density at radius 2 is 2.06 bits per heavy atom. The van der Waals surface area contributed by atoms with Crippen LogP contribution in [-0.2, 0) is 18.3 Å². The molecule has 9 nitrogen and oxygen atoms in total. The van der Waals surface area contributed by atoms with Crippen LogP contribution in [-0.4, -0.2) is 69.4 Å². The van der Waals surface area contributed by atoms with E-state index in [0.717, 1.165) is 40.9 Å². The second kappa shape index (κ2) is 9.31. The number of fused-ring (bicyclic) bond motifs is 2. The minimum absolute atomic E-state index is 0.00450. The Morgan fingerprint density at radius 3 is 2.83 bits per heavy atom. The van der Waals surface area contributed by atoms with Crippen LogP contribution in [0, 0.1) is 0 Å². The minimum Gasteiger partial charge on any atom is -0.494 e. The summed E-state index contributed by atoms with van der Waals surface area (Å²) in [6.45, 7) is 3.82. The smallest absolute Gasteiger partial charge is 0.254 e. The molecule has 4 aromatic rings. The number of benzene rings is 1. The van der Waals surface area contributed by atoms with Crippen molar-refractivity contribution in [1.82, 2.24) is 24.0 Å². The van der Waals surface area contributed by atoms with Crippen LogP contribution in [0.2, 0.25) is 0 Å². The maximum absolute atomic E-state index is 13.5. The third-order valence-corrected chi connectivity index (χ3v) is 6.98. The van der Waals surface area contributed by atoms with Crippen LogP contribution in [0.15, 0.2) is 36.5 Å². The molecule has 0 aliphatic carbocycles. The highest BCUT2D eigenvalue weighted by atomic mass is 16.5. The van der Waals surface area contributed by atoms with Crippen molar-refractivity contribution in [3.63, 3.8) is 0 Å². The van der Waals surface area contributed by atoms with E-state index in [1.807, 2.05) is 40.8 Å². The number of hydrogen-bond acceptors (Lipinski definition) is 6. The van der Waals surface area contributed by atoms with E-state index < -0.39 is 0 Å². The summed E-state index contributed by atoms with van der Waals surface area (Å²) < 4.78 is 15.2. The van der Waals surface area contributed by atoms with Gasteiger partial charge in [0.25, 0.3) is 5.91 Å². The van der Waals surface area contributed by atoms with Crippen molar-refractivity contribution in [3.8, 4) is 17.3 Å². The molecule has 3 aromatic heterocycles. The molecule has 1 saturated heterocycles. The second-order valence-corrected chi connectivity index (χ2v) is 9.27. The molecule has 184 valence electrons. The number of imidazole rings is 1. The number of aryl methyl sites for hydroxylation is 1. The lowest BCUT2D eigenvalue weighted by atomic mass is 9.99. The Bertz CT molecular complexity index is 1390. The number of nitrogens with two attached hydrogens (primary N) is 1. The molecule has 9 heteroatoms. The van der Waals surface area contributed by atoms with E-state index in [4.69, 9.17) is 20.2 Å². The molecule has 0 spiro atoms. The van der Waals surface area contributed by atoms with Gasteiger partial charge in [0.2, 0.25) is 0 Å². The zero-order valence-electron chi connectivity index (χ0n) is 20.7. The fourth-order valence-corrected chi connectivity index (χ4v) is 5.08. The zero-order chi connectivity index (χ0) is 24.7. The van der Waals surface area contributed by atoms with Gasteiger partial charge in [-0.25, -0.2) is 9.97 Å². The number of hydrogen-bond donors (Lipinski definition) is 1. The van der Waals surface area contributed by atoms with E-state index in [0.29, 0.717) is 36.5 Å². The molecule has 1 fully saturated rings. The molecule has 5 rings (SSSR count). The number of methoxy groups -OCH3 is 2. The number of carbonyl (C=O) groups excluding carboxylic acids is 1. The normalized spacial score (nSPS) is 18.5. The molecule has 4 heterocycles. The summed E-state index contributed by atoms with van der Waals surface area (Å²) in [5.41, 5.74) is 10.1. The van der Waals surface area contributed by atoms with Gasteiger partial charge in [-0.2, -0.15) is 0 Å². The van der Waals surface area contributed by atoms with Gasteiger partial charge in [0.1, 0.15) is 16.9 Å². The number of piperidine rings is 1. The van der Waals surface area contributed by atoms with E-state index in [9.17, 15) is 4.79 Å². The molecular formula is C26H32N6O3. The number of nitrogens with zero attached hydrogens (tertiary/aromatic N) is 5. The van der Waals surface area contributed by atoms with E-state index in [-0.39, 0.29) is 18.0 Å². The number of carbonyl (C=O) groups is 1. The molecule has 1 amide bonds. The summed E-state index contributed by atoms with van der Waals surface area (Å²) in [6, 6.07) is 9.88. The van der Waals surface area contributed by atoms with Gasteiger partial charge >= 0.3 is 0 Å². The first kappa shape index (κ1) is 23.3. The first-order valence-electron chi connectivity index (χ1n) is 12.0. The van der Waals surface area contributed by atoms with Crippen molar-refractivity contribution in [2.45, 2.75) is 38.4 Å². The number of ether oxygens (including phenoxy) is 2. The third kappa shape index (κ3) is 4.04. The summed E-state index contributed by atoms with van der Waals surface area (Å²) in [5, 5.41) is 1.03. The van der Waals surface area contributed by atoms with Crippen LogP contribution in [0.4, 0.5) is 0 Å². The molecule has 2 atom stereocenters. The predicted octanol–water partition coefficient (Wildman–Crippen LogP) is 3.20. The highest BCUT2D eigenvalue weighted by Crippen LogP contribution is 2.34. The van der Waals surface area contributed by atoms with E-state index in [1.54, 1.807) is 20.4 Å². The van der Waals surface area contributed by atoms with Crippen molar-refractivity contribution < 1.29 is 14.3 Å². The Balaban J connectivity index is 1.63. The van der Waals surface area contributed by atoms with Crippen molar-refractivity contribution in [2.24, 2.45) is 12.8 Å². The number of aromatic nitrogens is 4. The third-order valence-electron chi connectivity index (χ3n) is 6.98. The number of amides is 1. The van der Waals surface area contributed by atoms with Gasteiger partial charge in [-0.1, -0.05) is 0 Å². The van der Waals surface area contributed by atoms with Gasteiger partial charge in [0, 0.05) is 56.5 Å². The van der Waals surface area contributed by atoms with Crippen molar-refractivity contribution in [2.75, 3.05) is 27.4 Å².